The summed E-state index contributed by atoms with van der Waals surface area (Å²) >= 11 is 0. The number of carboxylic acids is 1. The number of carbonyl (C=O) groups is 2. The summed E-state index contributed by atoms with van der Waals surface area (Å²) in [5.41, 5.74) is 0.772. The number of nitrogens with one attached hydrogen (secondary N) is 1. The Bertz CT molecular complexity index is 836. The molecule has 9 nitrogen and oxygen atoms in total. The zero-order valence-corrected chi connectivity index (χ0v) is 10.9. The Kier molecular flexibility index (Phi) is 2.87. The van der Waals surface area contributed by atoms with Crippen LogP contribution in [0.3, 0.4) is 0 Å². The summed E-state index contributed by atoms with van der Waals surface area (Å²) in [6.07, 6.45) is 6.16. The van der Waals surface area contributed by atoms with E-state index >= 15 is 0 Å². The van der Waals surface area contributed by atoms with Gasteiger partial charge >= 0.3 is 5.97 Å². The fourth-order valence-electron chi connectivity index (χ4n) is 1.91. The minimum Gasteiger partial charge on any atom is -0.478 e. The average Bonchev–Trinajstić information content (AvgIpc) is 3.04. The van der Waals surface area contributed by atoms with Gasteiger partial charge in [-0.2, -0.15) is 4.98 Å². The smallest absolute Gasteiger partial charge is 0.338 e. The number of carboxylic acid groups (broad SMARTS) is 1. The summed E-state index contributed by atoms with van der Waals surface area (Å²) in [4.78, 5) is 30.3. The lowest BCUT2D eigenvalue weighted by molar-refractivity contribution is -0.114. The number of aromatic nitrogens is 5. The average molecular weight is 286 g/mol. The van der Waals surface area contributed by atoms with E-state index in [0.29, 0.717) is 11.3 Å². The Morgan fingerprint density at radius 1 is 1.38 bits per heavy atom. The van der Waals surface area contributed by atoms with Crippen LogP contribution >= 0.6 is 0 Å². The number of imidazole rings is 1. The van der Waals surface area contributed by atoms with Crippen LogP contribution in [0.2, 0.25) is 0 Å². The van der Waals surface area contributed by atoms with Crippen LogP contribution in [-0.4, -0.2) is 41.1 Å². The van der Waals surface area contributed by atoms with Crippen molar-refractivity contribution in [2.24, 2.45) is 0 Å². The van der Waals surface area contributed by atoms with Gasteiger partial charge in [0.2, 0.25) is 11.9 Å². The molecule has 0 aliphatic carbocycles. The summed E-state index contributed by atoms with van der Waals surface area (Å²) in [6, 6.07) is 1.38. The highest BCUT2D eigenvalue weighted by molar-refractivity contribution is 5.93. The summed E-state index contributed by atoms with van der Waals surface area (Å²) in [5, 5.41) is 15.8. The van der Waals surface area contributed by atoms with Crippen LogP contribution in [0.1, 0.15) is 17.3 Å². The summed E-state index contributed by atoms with van der Waals surface area (Å²) < 4.78 is 2.95. The van der Waals surface area contributed by atoms with Crippen molar-refractivity contribution < 1.29 is 14.7 Å². The first-order chi connectivity index (χ1) is 10.0. The van der Waals surface area contributed by atoms with Gasteiger partial charge in [-0.1, -0.05) is 0 Å². The number of hydrogen-bond acceptors (Lipinski definition) is 5. The van der Waals surface area contributed by atoms with Gasteiger partial charge in [-0.15, -0.1) is 5.10 Å². The van der Waals surface area contributed by atoms with E-state index in [9.17, 15) is 14.7 Å². The molecular weight excluding hydrogens is 276 g/mol. The van der Waals surface area contributed by atoms with Crippen molar-refractivity contribution in [2.45, 2.75) is 6.92 Å². The Hall–Kier alpha value is -3.23. The van der Waals surface area contributed by atoms with Gasteiger partial charge < -0.3 is 9.67 Å². The Labute approximate surface area is 117 Å². The molecule has 0 radical (unpaired) electrons. The van der Waals surface area contributed by atoms with Gasteiger partial charge in [0.25, 0.3) is 0 Å². The second kappa shape index (κ2) is 4.71. The number of fused-ring (bicyclic) bond motifs is 1. The molecule has 0 saturated carbocycles. The fourth-order valence-corrected chi connectivity index (χ4v) is 1.91. The molecule has 21 heavy (non-hydrogen) atoms. The zero-order chi connectivity index (χ0) is 15.0. The third-order valence-electron chi connectivity index (χ3n) is 2.75. The summed E-state index contributed by atoms with van der Waals surface area (Å²) in [7, 11) is 0. The van der Waals surface area contributed by atoms with Crippen LogP contribution in [0.4, 0.5) is 5.95 Å². The molecular formula is C12H10N6O3. The van der Waals surface area contributed by atoms with Crippen LogP contribution in [0, 0.1) is 0 Å². The van der Waals surface area contributed by atoms with E-state index in [1.54, 1.807) is 17.0 Å². The number of anilines is 1. The van der Waals surface area contributed by atoms with Crippen LogP contribution in [0.5, 0.6) is 0 Å². The number of amides is 1. The normalized spacial score (nSPS) is 10.7. The molecule has 3 heterocycles. The molecule has 0 saturated heterocycles. The maximum atomic E-state index is 11.4. The molecule has 3 aromatic heterocycles. The number of rotatable bonds is 3. The monoisotopic (exact) mass is 286 g/mol. The minimum atomic E-state index is -1.09. The number of pyridine rings is 1. The lowest BCUT2D eigenvalue weighted by atomic mass is 10.2. The molecule has 0 fully saturated rings. The Balaban J connectivity index is 2.19. The van der Waals surface area contributed by atoms with Crippen molar-refractivity contribution in [1.29, 1.82) is 0 Å². The van der Waals surface area contributed by atoms with Crippen LogP contribution in [0.25, 0.3) is 11.3 Å². The molecule has 106 valence electrons. The summed E-state index contributed by atoms with van der Waals surface area (Å²) in [5.74, 6) is -1.29. The summed E-state index contributed by atoms with van der Waals surface area (Å²) in [6.45, 7) is 1.34. The van der Waals surface area contributed by atoms with Crippen molar-refractivity contribution in [3.63, 3.8) is 0 Å². The van der Waals surface area contributed by atoms with Crippen molar-refractivity contribution >= 4 is 23.5 Å². The fraction of sp³-hybridized carbons (Fsp3) is 0.0833. The van der Waals surface area contributed by atoms with Crippen LogP contribution in [-0.2, 0) is 4.79 Å². The highest BCUT2D eigenvalue weighted by Crippen LogP contribution is 2.17. The van der Waals surface area contributed by atoms with E-state index in [-0.39, 0.29) is 17.4 Å². The van der Waals surface area contributed by atoms with Crippen LogP contribution < -0.4 is 5.32 Å². The predicted octanol–water partition coefficient (Wildman–Crippen LogP) is 0.572. The first-order valence-electron chi connectivity index (χ1n) is 5.94. The molecule has 0 bridgehead atoms. The lowest BCUT2D eigenvalue weighted by Crippen LogP contribution is -2.07. The van der Waals surface area contributed by atoms with Crippen molar-refractivity contribution in [1.82, 2.24) is 24.1 Å². The molecule has 9 heteroatoms. The van der Waals surface area contributed by atoms with Gasteiger partial charge in [0.15, 0.2) is 5.65 Å². The molecule has 0 aromatic carbocycles. The standard InChI is InChI=1S/C12H10N6O3/c1-7(19)14-12-15-10-4-8(11(20)21)9(5-18(10)16-12)17-3-2-13-6-17/h2-6H,1H3,(H,20,21)(H,14,16,19). The quantitative estimate of drug-likeness (QED) is 0.727. The number of carbonyl (C=O) groups excluding carboxylic acids is 1. The molecule has 0 unspecified atom stereocenters. The SMILES string of the molecule is CC(=O)Nc1nc2cc(C(=O)O)c(-n3ccnc3)cn2n1. The van der Waals surface area contributed by atoms with Gasteiger partial charge in [0, 0.05) is 19.3 Å². The molecule has 1 amide bonds. The van der Waals surface area contributed by atoms with E-state index in [1.807, 2.05) is 0 Å². The molecule has 0 aliphatic heterocycles. The minimum absolute atomic E-state index is 0.0577. The lowest BCUT2D eigenvalue weighted by Gasteiger charge is -2.06. The predicted molar refractivity (Wildman–Crippen MR) is 71.4 cm³/mol. The van der Waals surface area contributed by atoms with E-state index < -0.39 is 5.97 Å². The third kappa shape index (κ3) is 2.31. The van der Waals surface area contributed by atoms with Gasteiger partial charge in [0.05, 0.1) is 23.8 Å². The highest BCUT2D eigenvalue weighted by atomic mass is 16.4. The maximum absolute atomic E-state index is 11.4. The van der Waals surface area contributed by atoms with Crippen LogP contribution in [0.15, 0.2) is 31.0 Å². The highest BCUT2D eigenvalue weighted by Gasteiger charge is 2.16. The topological polar surface area (TPSA) is 114 Å². The molecule has 0 atom stereocenters. The molecule has 2 N–H and O–H groups in total. The Morgan fingerprint density at radius 3 is 2.81 bits per heavy atom. The first kappa shape index (κ1) is 12.8. The first-order valence-corrected chi connectivity index (χ1v) is 5.94. The second-order valence-corrected chi connectivity index (χ2v) is 4.27. The number of hydrogen-bond donors (Lipinski definition) is 2. The van der Waals surface area contributed by atoms with E-state index in [2.05, 4.69) is 20.4 Å². The second-order valence-electron chi connectivity index (χ2n) is 4.27. The van der Waals surface area contributed by atoms with Gasteiger partial charge in [-0.3, -0.25) is 10.1 Å². The zero-order valence-electron chi connectivity index (χ0n) is 10.9. The van der Waals surface area contributed by atoms with Crippen molar-refractivity contribution in [3.05, 3.63) is 36.5 Å². The number of aromatic carboxylic acids is 1. The van der Waals surface area contributed by atoms with Gasteiger partial charge in [-0.05, 0) is 6.07 Å². The molecule has 3 aromatic rings. The maximum Gasteiger partial charge on any atom is 0.338 e. The molecule has 0 aliphatic rings. The molecule has 3 rings (SSSR count). The van der Waals surface area contributed by atoms with E-state index in [0.717, 1.165) is 0 Å². The third-order valence-corrected chi connectivity index (χ3v) is 2.75. The van der Waals surface area contributed by atoms with Gasteiger partial charge in [-0.25, -0.2) is 14.3 Å². The molecule has 0 spiro atoms. The van der Waals surface area contributed by atoms with E-state index in [4.69, 9.17) is 0 Å². The Morgan fingerprint density at radius 2 is 2.19 bits per heavy atom. The van der Waals surface area contributed by atoms with Crippen molar-refractivity contribution in [3.8, 4) is 5.69 Å². The van der Waals surface area contributed by atoms with E-state index in [1.165, 1.54) is 30.0 Å². The number of nitrogens with zero attached hydrogens (tertiary/aromatic N) is 5. The largest absolute Gasteiger partial charge is 0.478 e. The van der Waals surface area contributed by atoms with Crippen molar-refractivity contribution in [2.75, 3.05) is 5.32 Å². The van der Waals surface area contributed by atoms with Gasteiger partial charge in [0.1, 0.15) is 0 Å².